The van der Waals surface area contributed by atoms with Gasteiger partial charge in [-0.3, -0.25) is 4.79 Å². The molecule has 1 rings (SSSR count). The van der Waals surface area contributed by atoms with Crippen molar-refractivity contribution in [1.82, 2.24) is 5.32 Å². The molecule has 1 aliphatic rings. The summed E-state index contributed by atoms with van der Waals surface area (Å²) in [4.78, 5) is 11.8. The molecule has 3 unspecified atom stereocenters. The van der Waals surface area contributed by atoms with Gasteiger partial charge in [0.2, 0.25) is 0 Å². The summed E-state index contributed by atoms with van der Waals surface area (Å²) in [6.07, 6.45) is 3.72. The fraction of sp³-hybridized carbons (Fsp3) is 0.938. The van der Waals surface area contributed by atoms with Crippen molar-refractivity contribution in [2.75, 3.05) is 12.8 Å². The van der Waals surface area contributed by atoms with Crippen LogP contribution in [0.5, 0.6) is 0 Å². The molecule has 0 heterocycles. The molecule has 0 amide bonds. The zero-order chi connectivity index (χ0) is 15.3. The van der Waals surface area contributed by atoms with E-state index in [0.29, 0.717) is 17.0 Å². The van der Waals surface area contributed by atoms with Gasteiger partial charge in [0.15, 0.2) is 0 Å². The first-order valence-electron chi connectivity index (χ1n) is 7.73. The third-order valence-corrected chi connectivity index (χ3v) is 5.33. The molecule has 1 aliphatic carbocycles. The van der Waals surface area contributed by atoms with E-state index in [1.54, 1.807) is 11.8 Å². The van der Waals surface area contributed by atoms with Crippen LogP contribution in [-0.2, 0) is 9.53 Å². The van der Waals surface area contributed by atoms with E-state index in [1.807, 2.05) is 27.8 Å². The van der Waals surface area contributed by atoms with Crippen molar-refractivity contribution in [2.24, 2.45) is 11.8 Å². The Balaban J connectivity index is 2.47. The SMILES string of the molecule is CNC1CCC(C(C)C)CC1SCC(=O)OC(C)(C)C. The van der Waals surface area contributed by atoms with Gasteiger partial charge in [0.1, 0.15) is 5.60 Å². The predicted octanol–water partition coefficient (Wildman–Crippen LogP) is 3.47. The summed E-state index contributed by atoms with van der Waals surface area (Å²) < 4.78 is 5.39. The Kier molecular flexibility index (Phi) is 6.86. The number of thioether (sulfide) groups is 1. The normalized spacial score (nSPS) is 27.6. The number of hydrogen-bond donors (Lipinski definition) is 1. The lowest BCUT2D eigenvalue weighted by Crippen LogP contribution is -2.42. The Bertz CT molecular complexity index is 312. The second-order valence-corrected chi connectivity index (χ2v) is 8.38. The number of rotatable bonds is 5. The molecule has 0 aliphatic heterocycles. The number of hydrogen-bond acceptors (Lipinski definition) is 4. The summed E-state index contributed by atoms with van der Waals surface area (Å²) >= 11 is 1.76. The van der Waals surface area contributed by atoms with Crippen molar-refractivity contribution in [3.63, 3.8) is 0 Å². The summed E-state index contributed by atoms with van der Waals surface area (Å²) in [7, 11) is 2.03. The van der Waals surface area contributed by atoms with Gasteiger partial charge in [0, 0.05) is 11.3 Å². The van der Waals surface area contributed by atoms with Crippen molar-refractivity contribution in [1.29, 1.82) is 0 Å². The maximum absolute atomic E-state index is 11.8. The van der Waals surface area contributed by atoms with Crippen LogP contribution < -0.4 is 5.32 Å². The largest absolute Gasteiger partial charge is 0.459 e. The minimum atomic E-state index is -0.382. The second-order valence-electron chi connectivity index (χ2n) is 7.15. The van der Waals surface area contributed by atoms with E-state index in [9.17, 15) is 4.79 Å². The summed E-state index contributed by atoms with van der Waals surface area (Å²) in [5.41, 5.74) is -0.382. The van der Waals surface area contributed by atoms with E-state index in [-0.39, 0.29) is 11.6 Å². The van der Waals surface area contributed by atoms with Gasteiger partial charge >= 0.3 is 5.97 Å². The van der Waals surface area contributed by atoms with Gasteiger partial charge in [-0.15, -0.1) is 11.8 Å². The Hall–Kier alpha value is -0.220. The van der Waals surface area contributed by atoms with Crippen LogP contribution in [0.3, 0.4) is 0 Å². The van der Waals surface area contributed by atoms with Crippen molar-refractivity contribution in [3.05, 3.63) is 0 Å². The Labute approximate surface area is 128 Å². The van der Waals surface area contributed by atoms with Crippen LogP contribution in [-0.4, -0.2) is 35.7 Å². The molecule has 0 saturated heterocycles. The lowest BCUT2D eigenvalue weighted by molar-refractivity contribution is -0.151. The molecule has 0 aromatic rings. The minimum Gasteiger partial charge on any atom is -0.459 e. The van der Waals surface area contributed by atoms with Crippen LogP contribution in [0, 0.1) is 11.8 Å². The first kappa shape index (κ1) is 17.8. The maximum atomic E-state index is 11.8. The smallest absolute Gasteiger partial charge is 0.316 e. The maximum Gasteiger partial charge on any atom is 0.316 e. The molecular weight excluding hydrogens is 270 g/mol. The molecule has 3 atom stereocenters. The predicted molar refractivity (Wildman–Crippen MR) is 87.1 cm³/mol. The fourth-order valence-electron chi connectivity index (χ4n) is 2.83. The zero-order valence-corrected chi connectivity index (χ0v) is 14.7. The van der Waals surface area contributed by atoms with Crippen molar-refractivity contribution >= 4 is 17.7 Å². The van der Waals surface area contributed by atoms with Gasteiger partial charge in [-0.25, -0.2) is 0 Å². The number of nitrogens with one attached hydrogen (secondary N) is 1. The standard InChI is InChI=1S/C16H31NO2S/c1-11(2)12-7-8-13(17-6)14(9-12)20-10-15(18)19-16(3,4)5/h11-14,17H,7-10H2,1-6H3. The van der Waals surface area contributed by atoms with Crippen LogP contribution in [0.25, 0.3) is 0 Å². The highest BCUT2D eigenvalue weighted by molar-refractivity contribution is 8.00. The monoisotopic (exact) mass is 301 g/mol. The van der Waals surface area contributed by atoms with Gasteiger partial charge in [-0.05, 0) is 58.9 Å². The Morgan fingerprint density at radius 3 is 2.50 bits per heavy atom. The molecule has 20 heavy (non-hydrogen) atoms. The molecule has 0 aromatic heterocycles. The summed E-state index contributed by atoms with van der Waals surface area (Å²) in [5.74, 6) is 1.89. The highest BCUT2D eigenvalue weighted by atomic mass is 32.2. The van der Waals surface area contributed by atoms with Crippen LogP contribution in [0.1, 0.15) is 53.9 Å². The molecule has 1 N–H and O–H groups in total. The average Bonchev–Trinajstić information content (AvgIpc) is 2.33. The highest BCUT2D eigenvalue weighted by Crippen LogP contribution is 2.36. The molecule has 3 nitrogen and oxygen atoms in total. The van der Waals surface area contributed by atoms with Gasteiger partial charge in [-0.1, -0.05) is 13.8 Å². The first-order valence-corrected chi connectivity index (χ1v) is 8.78. The summed E-state index contributed by atoms with van der Waals surface area (Å²) in [6, 6.07) is 0.525. The fourth-order valence-corrected chi connectivity index (χ4v) is 4.12. The lowest BCUT2D eigenvalue weighted by Gasteiger charge is -2.37. The summed E-state index contributed by atoms with van der Waals surface area (Å²) in [5, 5.41) is 3.93. The molecule has 118 valence electrons. The van der Waals surface area contributed by atoms with E-state index in [1.165, 1.54) is 19.3 Å². The number of esters is 1. The average molecular weight is 301 g/mol. The van der Waals surface area contributed by atoms with E-state index in [2.05, 4.69) is 19.2 Å². The number of ether oxygens (including phenoxy) is 1. The molecule has 1 saturated carbocycles. The third-order valence-electron chi connectivity index (χ3n) is 3.98. The topological polar surface area (TPSA) is 38.3 Å². The molecule has 0 radical (unpaired) electrons. The summed E-state index contributed by atoms with van der Waals surface area (Å²) in [6.45, 7) is 10.4. The van der Waals surface area contributed by atoms with Crippen molar-refractivity contribution in [3.8, 4) is 0 Å². The zero-order valence-electron chi connectivity index (χ0n) is 13.9. The molecule has 1 fully saturated rings. The Morgan fingerprint density at radius 2 is 2.00 bits per heavy atom. The molecular formula is C16H31NO2S. The van der Waals surface area contributed by atoms with Gasteiger partial charge in [0.05, 0.1) is 5.75 Å². The molecule has 0 bridgehead atoms. The first-order chi connectivity index (χ1) is 9.23. The van der Waals surface area contributed by atoms with E-state index in [0.717, 1.165) is 11.8 Å². The minimum absolute atomic E-state index is 0.0935. The van der Waals surface area contributed by atoms with Gasteiger partial charge < -0.3 is 10.1 Å². The van der Waals surface area contributed by atoms with Gasteiger partial charge in [0.25, 0.3) is 0 Å². The van der Waals surface area contributed by atoms with Crippen LogP contribution in [0.2, 0.25) is 0 Å². The van der Waals surface area contributed by atoms with Gasteiger partial charge in [-0.2, -0.15) is 0 Å². The quantitative estimate of drug-likeness (QED) is 0.789. The van der Waals surface area contributed by atoms with E-state index >= 15 is 0 Å². The number of carbonyl (C=O) groups excluding carboxylic acids is 1. The van der Waals surface area contributed by atoms with E-state index < -0.39 is 0 Å². The molecule has 4 heteroatoms. The molecule has 0 spiro atoms. The number of carbonyl (C=O) groups is 1. The molecule has 0 aromatic carbocycles. The van der Waals surface area contributed by atoms with E-state index in [4.69, 9.17) is 4.74 Å². The van der Waals surface area contributed by atoms with Crippen molar-refractivity contribution < 1.29 is 9.53 Å². The van der Waals surface area contributed by atoms with Crippen molar-refractivity contribution in [2.45, 2.75) is 70.8 Å². The van der Waals surface area contributed by atoms with Crippen LogP contribution >= 0.6 is 11.8 Å². The van der Waals surface area contributed by atoms with Crippen LogP contribution in [0.4, 0.5) is 0 Å². The van der Waals surface area contributed by atoms with Crippen LogP contribution in [0.15, 0.2) is 0 Å². The highest BCUT2D eigenvalue weighted by Gasteiger charge is 2.32. The lowest BCUT2D eigenvalue weighted by atomic mass is 9.79. The second kappa shape index (κ2) is 7.69. The Morgan fingerprint density at radius 1 is 1.35 bits per heavy atom. The third kappa shape index (κ3) is 6.04.